The highest BCUT2D eigenvalue weighted by Gasteiger charge is 2.26. The molecule has 0 saturated carbocycles. The van der Waals surface area contributed by atoms with Crippen LogP contribution in [0.15, 0.2) is 6.20 Å². The van der Waals surface area contributed by atoms with E-state index in [4.69, 9.17) is 0 Å². The number of rotatable bonds is 5. The second-order valence-electron chi connectivity index (χ2n) is 3.31. The first-order valence-electron chi connectivity index (χ1n) is 5.06. The van der Waals surface area contributed by atoms with Crippen molar-refractivity contribution >= 4 is 5.97 Å². The molecule has 0 aliphatic carbocycles. The molecule has 17 heavy (non-hydrogen) atoms. The second-order valence-corrected chi connectivity index (χ2v) is 3.31. The highest BCUT2D eigenvalue weighted by atomic mass is 19.4. The summed E-state index contributed by atoms with van der Waals surface area (Å²) >= 11 is 0. The zero-order chi connectivity index (χ0) is 12.9. The maximum atomic E-state index is 11.9. The summed E-state index contributed by atoms with van der Waals surface area (Å²) in [7, 11) is 0. The number of ether oxygens (including phenoxy) is 1. The summed E-state index contributed by atoms with van der Waals surface area (Å²) in [6, 6.07) is 0. The molecule has 0 N–H and O–H groups in total. The van der Waals surface area contributed by atoms with Crippen molar-refractivity contribution in [3.8, 4) is 0 Å². The molecule has 0 atom stereocenters. The van der Waals surface area contributed by atoms with Gasteiger partial charge < -0.3 is 4.74 Å². The molecular weight excluding hydrogens is 239 g/mol. The summed E-state index contributed by atoms with van der Waals surface area (Å²) in [6.07, 6.45) is -3.89. The van der Waals surface area contributed by atoms with Crippen molar-refractivity contribution in [3.63, 3.8) is 0 Å². The van der Waals surface area contributed by atoms with Gasteiger partial charge in [0.1, 0.15) is 0 Å². The molecule has 5 nitrogen and oxygen atoms in total. The van der Waals surface area contributed by atoms with Crippen LogP contribution < -0.4 is 0 Å². The molecule has 0 aliphatic rings. The first kappa shape index (κ1) is 13.5. The minimum absolute atomic E-state index is 0.00106. The van der Waals surface area contributed by atoms with Crippen molar-refractivity contribution in [2.45, 2.75) is 32.5 Å². The Kier molecular flexibility index (Phi) is 4.47. The summed E-state index contributed by atoms with van der Waals surface area (Å²) < 4.78 is 41.5. The molecule has 0 aromatic carbocycles. The fourth-order valence-corrected chi connectivity index (χ4v) is 1.15. The number of nitrogens with zero attached hydrogens (tertiary/aromatic N) is 3. The van der Waals surface area contributed by atoms with Crippen LogP contribution in [0.3, 0.4) is 0 Å². The third-order valence-electron chi connectivity index (χ3n) is 1.87. The summed E-state index contributed by atoms with van der Waals surface area (Å²) in [4.78, 5) is 11.2. The SMILES string of the molecule is CCOC(=O)c1cn(CCCC(F)(F)F)nn1. The Balaban J connectivity index is 2.43. The molecule has 0 radical (unpaired) electrons. The van der Waals surface area contributed by atoms with Crippen LogP contribution in [0.2, 0.25) is 0 Å². The second kappa shape index (κ2) is 5.65. The number of alkyl halides is 3. The Labute approximate surface area is 95.6 Å². The number of hydrogen-bond donors (Lipinski definition) is 0. The lowest BCUT2D eigenvalue weighted by molar-refractivity contribution is -0.136. The van der Waals surface area contributed by atoms with Gasteiger partial charge in [-0.05, 0) is 13.3 Å². The van der Waals surface area contributed by atoms with Gasteiger partial charge >= 0.3 is 12.1 Å². The van der Waals surface area contributed by atoms with E-state index in [1.54, 1.807) is 6.92 Å². The van der Waals surface area contributed by atoms with Crippen LogP contribution in [0.4, 0.5) is 13.2 Å². The molecule has 0 spiro atoms. The van der Waals surface area contributed by atoms with Crippen molar-refractivity contribution in [1.29, 1.82) is 0 Å². The highest BCUT2D eigenvalue weighted by Crippen LogP contribution is 2.21. The van der Waals surface area contributed by atoms with E-state index in [2.05, 4.69) is 15.0 Å². The van der Waals surface area contributed by atoms with Crippen LogP contribution in [-0.2, 0) is 11.3 Å². The van der Waals surface area contributed by atoms with E-state index in [9.17, 15) is 18.0 Å². The lowest BCUT2D eigenvalue weighted by atomic mass is 10.3. The van der Waals surface area contributed by atoms with E-state index in [1.807, 2.05) is 0 Å². The van der Waals surface area contributed by atoms with Crippen molar-refractivity contribution in [3.05, 3.63) is 11.9 Å². The molecular formula is C9H12F3N3O2. The maximum Gasteiger partial charge on any atom is 0.389 e. The molecule has 1 aromatic heterocycles. The number of carbonyl (C=O) groups is 1. The van der Waals surface area contributed by atoms with Gasteiger partial charge in [0.25, 0.3) is 0 Å². The molecule has 1 aromatic rings. The Morgan fingerprint density at radius 2 is 2.24 bits per heavy atom. The lowest BCUT2D eigenvalue weighted by Gasteiger charge is -2.04. The zero-order valence-electron chi connectivity index (χ0n) is 9.20. The van der Waals surface area contributed by atoms with E-state index < -0.39 is 18.6 Å². The summed E-state index contributed by atoms with van der Waals surface area (Å²) in [6.45, 7) is 1.91. The molecule has 0 bridgehead atoms. The minimum atomic E-state index is -4.18. The average molecular weight is 251 g/mol. The normalized spacial score (nSPS) is 11.5. The van der Waals surface area contributed by atoms with Crippen molar-refractivity contribution < 1.29 is 22.7 Å². The van der Waals surface area contributed by atoms with Gasteiger partial charge in [-0.25, -0.2) is 4.79 Å². The van der Waals surface area contributed by atoms with Gasteiger partial charge in [0, 0.05) is 13.0 Å². The van der Waals surface area contributed by atoms with Crippen molar-refractivity contribution in [2.75, 3.05) is 6.61 Å². The number of halogens is 3. The quantitative estimate of drug-likeness (QED) is 0.749. The predicted octanol–water partition coefficient (Wildman–Crippen LogP) is 1.80. The number of carbonyl (C=O) groups excluding carboxylic acids is 1. The topological polar surface area (TPSA) is 57.0 Å². The van der Waals surface area contributed by atoms with Crippen molar-refractivity contribution in [1.82, 2.24) is 15.0 Å². The fourth-order valence-electron chi connectivity index (χ4n) is 1.15. The maximum absolute atomic E-state index is 11.9. The Morgan fingerprint density at radius 1 is 1.53 bits per heavy atom. The van der Waals surface area contributed by atoms with Gasteiger partial charge in [-0.3, -0.25) is 4.68 Å². The molecule has 0 aliphatic heterocycles. The molecule has 1 heterocycles. The molecule has 0 saturated heterocycles. The minimum Gasteiger partial charge on any atom is -0.461 e. The third kappa shape index (κ3) is 4.83. The van der Waals surface area contributed by atoms with Gasteiger partial charge in [0.05, 0.1) is 12.8 Å². The van der Waals surface area contributed by atoms with Crippen LogP contribution in [-0.4, -0.2) is 33.7 Å². The van der Waals surface area contributed by atoms with E-state index in [0.717, 1.165) is 0 Å². The standard InChI is InChI=1S/C9H12F3N3O2/c1-2-17-8(16)7-6-15(14-13-7)5-3-4-9(10,11)12/h6H,2-5H2,1H3. The molecule has 0 fully saturated rings. The molecule has 0 unspecified atom stereocenters. The number of hydrogen-bond acceptors (Lipinski definition) is 4. The van der Waals surface area contributed by atoms with E-state index in [0.29, 0.717) is 0 Å². The Bertz CT molecular complexity index is 376. The number of esters is 1. The summed E-state index contributed by atoms with van der Waals surface area (Å²) in [5.74, 6) is -0.630. The molecule has 0 amide bonds. The highest BCUT2D eigenvalue weighted by molar-refractivity contribution is 5.86. The smallest absolute Gasteiger partial charge is 0.389 e. The Morgan fingerprint density at radius 3 is 2.82 bits per heavy atom. The van der Waals surface area contributed by atoms with Crippen LogP contribution >= 0.6 is 0 Å². The summed E-state index contributed by atoms with van der Waals surface area (Å²) in [5.41, 5.74) is -0.00106. The molecule has 1 rings (SSSR count). The summed E-state index contributed by atoms with van der Waals surface area (Å²) in [5, 5.41) is 7.04. The van der Waals surface area contributed by atoms with E-state index >= 15 is 0 Å². The first-order chi connectivity index (χ1) is 7.92. The lowest BCUT2D eigenvalue weighted by Crippen LogP contribution is -2.09. The van der Waals surface area contributed by atoms with E-state index in [1.165, 1.54) is 10.9 Å². The van der Waals surface area contributed by atoms with Crippen LogP contribution in [0.25, 0.3) is 0 Å². The monoisotopic (exact) mass is 251 g/mol. The van der Waals surface area contributed by atoms with Crippen LogP contribution in [0.1, 0.15) is 30.3 Å². The van der Waals surface area contributed by atoms with Gasteiger partial charge in [0.15, 0.2) is 5.69 Å². The number of aromatic nitrogens is 3. The van der Waals surface area contributed by atoms with E-state index in [-0.39, 0.29) is 25.3 Å². The van der Waals surface area contributed by atoms with Gasteiger partial charge in [-0.2, -0.15) is 13.2 Å². The number of aryl methyl sites for hydroxylation is 1. The molecule has 96 valence electrons. The van der Waals surface area contributed by atoms with Gasteiger partial charge in [-0.15, -0.1) is 5.10 Å². The first-order valence-corrected chi connectivity index (χ1v) is 5.06. The van der Waals surface area contributed by atoms with Crippen LogP contribution in [0, 0.1) is 0 Å². The van der Waals surface area contributed by atoms with Gasteiger partial charge in [0.2, 0.25) is 0 Å². The third-order valence-corrected chi connectivity index (χ3v) is 1.87. The Hall–Kier alpha value is -1.60. The fraction of sp³-hybridized carbons (Fsp3) is 0.667. The van der Waals surface area contributed by atoms with Gasteiger partial charge in [-0.1, -0.05) is 5.21 Å². The zero-order valence-corrected chi connectivity index (χ0v) is 9.20. The van der Waals surface area contributed by atoms with Crippen LogP contribution in [0.5, 0.6) is 0 Å². The average Bonchev–Trinajstić information content (AvgIpc) is 2.65. The molecule has 8 heteroatoms. The largest absolute Gasteiger partial charge is 0.461 e. The van der Waals surface area contributed by atoms with Crippen molar-refractivity contribution in [2.24, 2.45) is 0 Å². The predicted molar refractivity (Wildman–Crippen MR) is 51.3 cm³/mol.